The SMILES string of the molecule is CCOCC(O)c1ccc(OCC)cc1. The zero-order valence-corrected chi connectivity index (χ0v) is 9.27. The van der Waals surface area contributed by atoms with Crippen LogP contribution in [-0.4, -0.2) is 24.9 Å². The van der Waals surface area contributed by atoms with E-state index in [1.807, 2.05) is 38.1 Å². The van der Waals surface area contributed by atoms with Crippen molar-refractivity contribution in [3.05, 3.63) is 29.8 Å². The molecule has 0 bridgehead atoms. The van der Waals surface area contributed by atoms with Crippen LogP contribution in [-0.2, 0) is 4.74 Å². The predicted molar refractivity (Wildman–Crippen MR) is 59.1 cm³/mol. The molecule has 15 heavy (non-hydrogen) atoms. The van der Waals surface area contributed by atoms with Gasteiger partial charge in [0.1, 0.15) is 11.9 Å². The third kappa shape index (κ3) is 3.90. The van der Waals surface area contributed by atoms with Crippen molar-refractivity contribution in [1.82, 2.24) is 0 Å². The van der Waals surface area contributed by atoms with Crippen LogP contribution in [0.15, 0.2) is 24.3 Å². The van der Waals surface area contributed by atoms with Crippen LogP contribution in [0.3, 0.4) is 0 Å². The highest BCUT2D eigenvalue weighted by molar-refractivity contribution is 5.28. The second-order valence-electron chi connectivity index (χ2n) is 3.18. The predicted octanol–water partition coefficient (Wildman–Crippen LogP) is 2.16. The number of hydrogen-bond donors (Lipinski definition) is 1. The zero-order chi connectivity index (χ0) is 11.1. The van der Waals surface area contributed by atoms with Gasteiger partial charge in [0.2, 0.25) is 0 Å². The zero-order valence-electron chi connectivity index (χ0n) is 9.27. The van der Waals surface area contributed by atoms with Crippen LogP contribution in [0, 0.1) is 0 Å². The van der Waals surface area contributed by atoms with Gasteiger partial charge in [0.15, 0.2) is 0 Å². The van der Waals surface area contributed by atoms with E-state index >= 15 is 0 Å². The van der Waals surface area contributed by atoms with Crippen molar-refractivity contribution in [2.24, 2.45) is 0 Å². The topological polar surface area (TPSA) is 38.7 Å². The van der Waals surface area contributed by atoms with Crippen molar-refractivity contribution in [2.75, 3.05) is 19.8 Å². The number of aliphatic hydroxyl groups is 1. The van der Waals surface area contributed by atoms with E-state index in [9.17, 15) is 5.11 Å². The van der Waals surface area contributed by atoms with E-state index in [4.69, 9.17) is 9.47 Å². The highest BCUT2D eigenvalue weighted by Gasteiger charge is 2.06. The van der Waals surface area contributed by atoms with Crippen LogP contribution >= 0.6 is 0 Å². The van der Waals surface area contributed by atoms with E-state index in [-0.39, 0.29) is 0 Å². The normalized spacial score (nSPS) is 12.5. The van der Waals surface area contributed by atoms with Gasteiger partial charge in [-0.2, -0.15) is 0 Å². The molecule has 3 heteroatoms. The minimum absolute atomic E-state index is 0.338. The molecule has 0 spiro atoms. The van der Waals surface area contributed by atoms with Crippen molar-refractivity contribution in [1.29, 1.82) is 0 Å². The first-order valence-electron chi connectivity index (χ1n) is 5.26. The first-order chi connectivity index (χ1) is 7.27. The number of rotatable bonds is 6. The third-order valence-electron chi connectivity index (χ3n) is 2.06. The van der Waals surface area contributed by atoms with Gasteiger partial charge in [-0.1, -0.05) is 12.1 Å². The molecule has 1 aromatic carbocycles. The molecule has 3 nitrogen and oxygen atoms in total. The fourth-order valence-corrected chi connectivity index (χ4v) is 1.28. The van der Waals surface area contributed by atoms with Gasteiger partial charge >= 0.3 is 0 Å². The Labute approximate surface area is 90.6 Å². The molecule has 0 aliphatic heterocycles. The van der Waals surface area contributed by atoms with Gasteiger partial charge in [-0.25, -0.2) is 0 Å². The highest BCUT2D eigenvalue weighted by Crippen LogP contribution is 2.17. The van der Waals surface area contributed by atoms with E-state index in [1.165, 1.54) is 0 Å². The maximum atomic E-state index is 9.71. The molecule has 0 fully saturated rings. The molecule has 1 unspecified atom stereocenters. The van der Waals surface area contributed by atoms with Gasteiger partial charge in [-0.3, -0.25) is 0 Å². The summed E-state index contributed by atoms with van der Waals surface area (Å²) in [5.41, 5.74) is 0.854. The number of hydrogen-bond acceptors (Lipinski definition) is 3. The Bertz CT molecular complexity index is 269. The van der Waals surface area contributed by atoms with E-state index in [0.717, 1.165) is 11.3 Å². The van der Waals surface area contributed by atoms with Crippen molar-refractivity contribution in [3.63, 3.8) is 0 Å². The van der Waals surface area contributed by atoms with Crippen LogP contribution < -0.4 is 4.74 Å². The Balaban J connectivity index is 2.54. The first kappa shape index (κ1) is 12.0. The smallest absolute Gasteiger partial charge is 0.119 e. The van der Waals surface area contributed by atoms with Crippen LogP contribution in [0.4, 0.5) is 0 Å². The number of ether oxygens (including phenoxy) is 2. The molecule has 0 amide bonds. The fourth-order valence-electron chi connectivity index (χ4n) is 1.28. The highest BCUT2D eigenvalue weighted by atomic mass is 16.5. The maximum Gasteiger partial charge on any atom is 0.119 e. The van der Waals surface area contributed by atoms with E-state index in [0.29, 0.717) is 19.8 Å². The molecule has 0 saturated heterocycles. The molecule has 0 radical (unpaired) electrons. The molecule has 1 aromatic rings. The summed E-state index contributed by atoms with van der Waals surface area (Å²) in [5.74, 6) is 0.824. The lowest BCUT2D eigenvalue weighted by molar-refractivity contribution is 0.0420. The first-order valence-corrected chi connectivity index (χ1v) is 5.26. The minimum atomic E-state index is -0.555. The lowest BCUT2D eigenvalue weighted by Gasteiger charge is -2.11. The average Bonchev–Trinajstić information content (AvgIpc) is 2.27. The molecule has 1 N–H and O–H groups in total. The number of benzene rings is 1. The second kappa shape index (κ2) is 6.43. The summed E-state index contributed by atoms with van der Waals surface area (Å²) in [5, 5.41) is 9.71. The van der Waals surface area contributed by atoms with Gasteiger partial charge in [-0.05, 0) is 31.5 Å². The van der Waals surface area contributed by atoms with Crippen molar-refractivity contribution in [2.45, 2.75) is 20.0 Å². The molecule has 0 aliphatic rings. The Morgan fingerprint density at radius 2 is 1.80 bits per heavy atom. The van der Waals surface area contributed by atoms with Gasteiger partial charge < -0.3 is 14.6 Å². The maximum absolute atomic E-state index is 9.71. The van der Waals surface area contributed by atoms with Crippen molar-refractivity contribution >= 4 is 0 Å². The summed E-state index contributed by atoms with van der Waals surface area (Å²) in [6, 6.07) is 7.42. The van der Waals surface area contributed by atoms with Gasteiger partial charge in [0.25, 0.3) is 0 Å². The third-order valence-corrected chi connectivity index (χ3v) is 2.06. The van der Waals surface area contributed by atoms with Gasteiger partial charge in [0, 0.05) is 6.61 Å². The Hall–Kier alpha value is -1.06. The molecule has 0 aliphatic carbocycles. The average molecular weight is 210 g/mol. The molecule has 0 saturated carbocycles. The van der Waals surface area contributed by atoms with Crippen molar-refractivity contribution < 1.29 is 14.6 Å². The summed E-state index contributed by atoms with van der Waals surface area (Å²) in [4.78, 5) is 0. The molecule has 84 valence electrons. The quantitative estimate of drug-likeness (QED) is 0.782. The van der Waals surface area contributed by atoms with Crippen molar-refractivity contribution in [3.8, 4) is 5.75 Å². The Kier molecular flexibility index (Phi) is 5.15. The lowest BCUT2D eigenvalue weighted by Crippen LogP contribution is -2.06. The van der Waals surface area contributed by atoms with Gasteiger partial charge in [-0.15, -0.1) is 0 Å². The van der Waals surface area contributed by atoms with E-state index < -0.39 is 6.10 Å². The summed E-state index contributed by atoms with van der Waals surface area (Å²) >= 11 is 0. The Morgan fingerprint density at radius 1 is 1.13 bits per heavy atom. The summed E-state index contributed by atoms with van der Waals surface area (Å²) in [6.45, 7) is 5.46. The lowest BCUT2D eigenvalue weighted by atomic mass is 10.1. The molecule has 0 aromatic heterocycles. The molecule has 1 atom stereocenters. The summed E-state index contributed by atoms with van der Waals surface area (Å²) in [6.07, 6.45) is -0.555. The molecular weight excluding hydrogens is 192 g/mol. The minimum Gasteiger partial charge on any atom is -0.494 e. The molecule has 1 rings (SSSR count). The van der Waals surface area contributed by atoms with Gasteiger partial charge in [0.05, 0.1) is 13.2 Å². The van der Waals surface area contributed by atoms with Crippen LogP contribution in [0.25, 0.3) is 0 Å². The van der Waals surface area contributed by atoms with E-state index in [2.05, 4.69) is 0 Å². The number of aliphatic hydroxyl groups excluding tert-OH is 1. The molecular formula is C12H18O3. The Morgan fingerprint density at radius 3 is 2.33 bits per heavy atom. The monoisotopic (exact) mass is 210 g/mol. The van der Waals surface area contributed by atoms with Crippen LogP contribution in [0.5, 0.6) is 5.75 Å². The molecule has 0 heterocycles. The van der Waals surface area contributed by atoms with Crippen LogP contribution in [0.1, 0.15) is 25.5 Å². The van der Waals surface area contributed by atoms with E-state index in [1.54, 1.807) is 0 Å². The second-order valence-corrected chi connectivity index (χ2v) is 3.18. The van der Waals surface area contributed by atoms with Crippen LogP contribution in [0.2, 0.25) is 0 Å². The largest absolute Gasteiger partial charge is 0.494 e. The summed E-state index contributed by atoms with van der Waals surface area (Å²) in [7, 11) is 0. The summed E-state index contributed by atoms with van der Waals surface area (Å²) < 4.78 is 10.5. The fraction of sp³-hybridized carbons (Fsp3) is 0.500. The standard InChI is InChI=1S/C12H18O3/c1-3-14-9-12(13)10-5-7-11(8-6-10)15-4-2/h5-8,12-13H,3-4,9H2,1-2H3.